The number of rotatable bonds is 1. The van der Waals surface area contributed by atoms with Gasteiger partial charge in [0.15, 0.2) is 0 Å². The third-order valence-corrected chi connectivity index (χ3v) is 1.01. The van der Waals surface area contributed by atoms with Crippen LogP contribution in [0.5, 0.6) is 0 Å². The van der Waals surface area contributed by atoms with Crippen molar-refractivity contribution in [3.05, 3.63) is 35.9 Å². The van der Waals surface area contributed by atoms with E-state index in [1.165, 1.54) is 12.1 Å². The summed E-state index contributed by atoms with van der Waals surface area (Å²) in [6.45, 7) is 0. The van der Waals surface area contributed by atoms with Crippen LogP contribution in [0.4, 0.5) is 0 Å². The van der Waals surface area contributed by atoms with Crippen molar-refractivity contribution in [3.8, 4) is 0 Å². The molecule has 0 saturated heterocycles. The van der Waals surface area contributed by atoms with Crippen molar-refractivity contribution >= 4 is 92.6 Å². The van der Waals surface area contributed by atoms with Gasteiger partial charge in [0.1, 0.15) is 0 Å². The van der Waals surface area contributed by atoms with E-state index >= 15 is 0 Å². The van der Waals surface area contributed by atoms with E-state index in [1.54, 1.807) is 18.2 Å². The third-order valence-electron chi connectivity index (χ3n) is 1.01. The number of hydrogen-bond acceptors (Lipinski definition) is 2. The van der Waals surface area contributed by atoms with E-state index in [0.717, 1.165) is 0 Å². The minimum atomic E-state index is -1.13. The van der Waals surface area contributed by atoms with Crippen LogP contribution >= 0.6 is 0 Å². The molecule has 1 aromatic rings. The monoisotopic (exact) mass is 392 g/mol. The number of benzene rings is 1. The van der Waals surface area contributed by atoms with Crippen molar-refractivity contribution in [1.82, 2.24) is 0 Å². The van der Waals surface area contributed by atoms with Gasteiger partial charge in [0.25, 0.3) is 0 Å². The molecule has 0 amide bonds. The Bertz CT molecular complexity index is 226. The molecule has 0 unspecified atom stereocenters. The van der Waals surface area contributed by atoms with Crippen LogP contribution in [-0.4, -0.2) is 92.6 Å². The standard InChI is InChI=1S/C7H6O2.Ba.Ca.2ClH.Na/c8-7(9)6-4-2-1-3-5-6;;;;;/h1-5H,(H,8,9);;;2*1H;/q;2*+2;;;+1/p-3. The molecule has 0 fully saturated rings. The number of carbonyl (C=O) groups is 1. The summed E-state index contributed by atoms with van der Waals surface area (Å²) >= 11 is 0. The number of carboxylic acids is 1. The van der Waals surface area contributed by atoms with E-state index in [0.29, 0.717) is 0 Å². The second kappa shape index (κ2) is 18.5. The molecule has 0 aliphatic carbocycles. The fourth-order valence-corrected chi connectivity index (χ4v) is 0.574. The summed E-state index contributed by atoms with van der Waals surface area (Å²) in [5.41, 5.74) is 0.220. The van der Waals surface area contributed by atoms with Gasteiger partial charge in [-0.25, -0.2) is 0 Å². The van der Waals surface area contributed by atoms with Crippen molar-refractivity contribution in [1.29, 1.82) is 0 Å². The predicted octanol–water partition coefficient (Wildman–Crippen LogP) is -9.70. The Morgan fingerprint density at radius 1 is 1.07 bits per heavy atom. The first kappa shape index (κ1) is 30.3. The Morgan fingerprint density at radius 3 is 1.64 bits per heavy atom. The molecule has 0 atom stereocenters. The van der Waals surface area contributed by atoms with Gasteiger partial charge in [0.05, 0.1) is 5.97 Å². The molecule has 7 heteroatoms. The summed E-state index contributed by atoms with van der Waals surface area (Å²) in [5, 5.41) is 10.1. The summed E-state index contributed by atoms with van der Waals surface area (Å²) in [7, 11) is 0. The van der Waals surface area contributed by atoms with E-state index in [9.17, 15) is 9.90 Å². The minimum absolute atomic E-state index is 0. The Kier molecular flexibility index (Phi) is 39.9. The second-order valence-corrected chi connectivity index (χ2v) is 1.65. The Hall–Kier alpha value is 3.10. The SMILES string of the molecule is O=C([O-])c1ccccc1.[Ba+2].[Ca+2].[Cl-].[Cl-].[Na+]. The summed E-state index contributed by atoms with van der Waals surface area (Å²) in [6, 6.07) is 8.06. The van der Waals surface area contributed by atoms with Crippen LogP contribution in [0.1, 0.15) is 10.4 Å². The van der Waals surface area contributed by atoms with Crippen molar-refractivity contribution in [3.63, 3.8) is 0 Å². The van der Waals surface area contributed by atoms with Gasteiger partial charge in [-0.3, -0.25) is 0 Å². The number of carboxylic acid groups (broad SMARTS) is 1. The molecule has 0 bridgehead atoms. The molecule has 0 radical (unpaired) electrons. The van der Waals surface area contributed by atoms with Gasteiger partial charge in [0.2, 0.25) is 0 Å². The summed E-state index contributed by atoms with van der Waals surface area (Å²) in [5.74, 6) is -1.13. The van der Waals surface area contributed by atoms with Gasteiger partial charge in [0, 0.05) is 0 Å². The van der Waals surface area contributed by atoms with Gasteiger partial charge in [-0.1, -0.05) is 30.3 Å². The number of carbonyl (C=O) groups excluding carboxylic acids is 1. The number of hydrogen-bond donors (Lipinski definition) is 0. The van der Waals surface area contributed by atoms with Gasteiger partial charge < -0.3 is 34.7 Å². The van der Waals surface area contributed by atoms with E-state index < -0.39 is 5.97 Å². The van der Waals surface area contributed by atoms with Crippen LogP contribution in [0.3, 0.4) is 0 Å². The number of aromatic carboxylic acids is 1. The molecule has 0 heterocycles. The molecule has 2 nitrogen and oxygen atoms in total. The van der Waals surface area contributed by atoms with Crippen LogP contribution in [0, 0.1) is 0 Å². The molecule has 0 N–H and O–H groups in total. The molecule has 1 rings (SSSR count). The van der Waals surface area contributed by atoms with Gasteiger partial charge in [-0.05, 0) is 5.56 Å². The van der Waals surface area contributed by atoms with E-state index in [1.807, 2.05) is 0 Å². The first-order chi connectivity index (χ1) is 4.30. The Labute approximate surface area is 188 Å². The van der Waals surface area contributed by atoms with E-state index in [2.05, 4.69) is 0 Å². The molecule has 62 valence electrons. The van der Waals surface area contributed by atoms with Crippen molar-refractivity contribution in [2.75, 3.05) is 0 Å². The largest absolute Gasteiger partial charge is 2.00 e. The summed E-state index contributed by atoms with van der Waals surface area (Å²) in [4.78, 5) is 10.1. The summed E-state index contributed by atoms with van der Waals surface area (Å²) in [6.07, 6.45) is 0. The molecule has 14 heavy (non-hydrogen) atoms. The average Bonchev–Trinajstić information content (AvgIpc) is 1.90. The zero-order valence-corrected chi connectivity index (χ0v) is 18.0. The van der Waals surface area contributed by atoms with Crippen molar-refractivity contribution < 1.29 is 64.3 Å². The molecule has 0 aliphatic rings. The average molecular weight is 392 g/mol. The Morgan fingerprint density at radius 2 is 1.43 bits per heavy atom. The quantitative estimate of drug-likeness (QED) is 0.446. The fourth-order valence-electron chi connectivity index (χ4n) is 0.574. The second-order valence-electron chi connectivity index (χ2n) is 1.65. The van der Waals surface area contributed by atoms with Gasteiger partial charge in [-0.2, -0.15) is 0 Å². The van der Waals surface area contributed by atoms with Crippen LogP contribution in [0.25, 0.3) is 0 Å². The van der Waals surface area contributed by atoms with Crippen LogP contribution in [0.2, 0.25) is 0 Å². The van der Waals surface area contributed by atoms with Gasteiger partial charge in [-0.15, -0.1) is 0 Å². The van der Waals surface area contributed by atoms with E-state index in [-0.39, 0.29) is 147 Å². The maximum absolute atomic E-state index is 10.1. The zero-order chi connectivity index (χ0) is 6.69. The summed E-state index contributed by atoms with van der Waals surface area (Å²) < 4.78 is 0. The molecular formula is C7H5BaCaCl2NaO2+2. The van der Waals surface area contributed by atoms with Gasteiger partial charge >= 0.3 is 116 Å². The molecule has 1 aromatic carbocycles. The number of halogens is 2. The van der Waals surface area contributed by atoms with Crippen LogP contribution < -0.4 is 59.5 Å². The maximum atomic E-state index is 10.1. The molecular weight excluding hydrogens is 387 g/mol. The zero-order valence-electron chi connectivity index (χ0n) is 7.87. The van der Waals surface area contributed by atoms with Crippen molar-refractivity contribution in [2.45, 2.75) is 0 Å². The first-order valence-electron chi connectivity index (χ1n) is 2.57. The van der Waals surface area contributed by atoms with Crippen LogP contribution in [0.15, 0.2) is 30.3 Å². The normalized spacial score (nSPS) is 5.71. The molecule has 0 aromatic heterocycles. The topological polar surface area (TPSA) is 40.1 Å². The third kappa shape index (κ3) is 13.2. The van der Waals surface area contributed by atoms with E-state index in [4.69, 9.17) is 0 Å². The van der Waals surface area contributed by atoms with Crippen LogP contribution in [-0.2, 0) is 0 Å². The fraction of sp³-hybridized carbons (Fsp3) is 0. The molecule has 0 aliphatic heterocycles. The molecule has 0 spiro atoms. The Balaban J connectivity index is -0.0000000540. The maximum Gasteiger partial charge on any atom is 2.00 e. The minimum Gasteiger partial charge on any atom is -1.00 e. The van der Waals surface area contributed by atoms with Crippen molar-refractivity contribution in [2.24, 2.45) is 0 Å². The molecule has 0 saturated carbocycles. The predicted molar refractivity (Wildman–Crippen MR) is 42.3 cm³/mol. The first-order valence-corrected chi connectivity index (χ1v) is 2.57. The smallest absolute Gasteiger partial charge is 1.00 e.